The van der Waals surface area contributed by atoms with Gasteiger partial charge < -0.3 is 28.4 Å². The second kappa shape index (κ2) is 23.9. The van der Waals surface area contributed by atoms with Gasteiger partial charge in [-0.3, -0.25) is 19.2 Å². The number of carbonyl (C=O) groups is 6. The lowest BCUT2D eigenvalue weighted by Crippen LogP contribution is -2.32. The minimum Gasteiger partial charge on any atom is -0.462 e. The Kier molecular flexibility index (Phi) is 18.2. The van der Waals surface area contributed by atoms with Gasteiger partial charge in [-0.05, 0) is 145 Å². The Balaban J connectivity index is 0.986. The van der Waals surface area contributed by atoms with Crippen molar-refractivity contribution < 1.29 is 57.2 Å². The summed E-state index contributed by atoms with van der Waals surface area (Å²) in [6, 6.07) is 3.67. The number of allylic oxidation sites excluding steroid dienone is 1. The predicted octanol–water partition coefficient (Wildman–Crippen LogP) is 9.39. The van der Waals surface area contributed by atoms with Gasteiger partial charge in [0.2, 0.25) is 0 Å². The first-order valence-corrected chi connectivity index (χ1v) is 24.5. The van der Waals surface area contributed by atoms with E-state index in [1.165, 1.54) is 23.5 Å². The molecule has 0 N–H and O–H groups in total. The van der Waals surface area contributed by atoms with Crippen LogP contribution in [0.2, 0.25) is 0 Å². The summed E-state index contributed by atoms with van der Waals surface area (Å²) in [5, 5.41) is 9.73. The summed E-state index contributed by atoms with van der Waals surface area (Å²) in [5.74, 6) is -0.684. The molecule has 0 unspecified atom stereocenters. The first kappa shape index (κ1) is 49.4. The molecule has 65 heavy (non-hydrogen) atoms. The maximum absolute atomic E-state index is 13.8. The molecule has 0 aromatic heterocycles. The summed E-state index contributed by atoms with van der Waals surface area (Å²) in [7, 11) is 0. The van der Waals surface area contributed by atoms with E-state index in [0.717, 1.165) is 89.2 Å². The number of nitrogens with zero attached hydrogens (tertiary/aromatic N) is 2. The lowest BCUT2D eigenvalue weighted by molar-refractivity contribution is -0.154. The van der Waals surface area contributed by atoms with E-state index in [0.29, 0.717) is 80.4 Å². The van der Waals surface area contributed by atoms with Crippen LogP contribution in [0, 0.1) is 72.2 Å². The standard InChI is InChI=1S/C49H58N2O12S2/c1-5-40(52)58-23-25-60-45(54)34-15-7-30(8-16-34)32-11-19-36(20-12-32)47(56)62-39-27-29(3)42(44-43(39)64-49(65-44)38(28-50)51-4)63-48(57)37-21-13-33(14-22-37)31-9-17-35(18-10-31)46(55)61-26-24-59-41(53)6-2/h5-6,27,30-37H,1-2,7-26H2,3H3/b49-38-. The fourth-order valence-electron chi connectivity index (χ4n) is 10.1. The van der Waals surface area contributed by atoms with Crippen LogP contribution in [0.5, 0.6) is 11.5 Å². The van der Waals surface area contributed by atoms with E-state index < -0.39 is 11.9 Å². The number of hydrogen-bond acceptors (Lipinski definition) is 15. The van der Waals surface area contributed by atoms with Crippen LogP contribution in [0.25, 0.3) is 4.85 Å². The fraction of sp³-hybridized carbons (Fsp3) is 0.592. The van der Waals surface area contributed by atoms with Crippen molar-refractivity contribution in [2.24, 2.45) is 47.3 Å². The second-order valence-corrected chi connectivity index (χ2v) is 19.9. The zero-order valence-corrected chi connectivity index (χ0v) is 38.7. The molecule has 348 valence electrons. The van der Waals surface area contributed by atoms with Gasteiger partial charge in [0.1, 0.15) is 37.9 Å². The molecular weight excluding hydrogens is 873 g/mol. The monoisotopic (exact) mass is 930 g/mol. The van der Waals surface area contributed by atoms with E-state index in [2.05, 4.69) is 18.0 Å². The largest absolute Gasteiger partial charge is 0.462 e. The van der Waals surface area contributed by atoms with Gasteiger partial charge in [-0.25, -0.2) is 19.7 Å². The van der Waals surface area contributed by atoms with Crippen LogP contribution >= 0.6 is 23.5 Å². The molecule has 0 spiro atoms. The minimum absolute atomic E-state index is 0.000877. The van der Waals surface area contributed by atoms with Crippen LogP contribution in [0.3, 0.4) is 0 Å². The van der Waals surface area contributed by atoms with Crippen LogP contribution < -0.4 is 9.47 Å². The molecule has 4 aliphatic carbocycles. The van der Waals surface area contributed by atoms with E-state index in [4.69, 9.17) is 35.0 Å². The average molecular weight is 931 g/mol. The van der Waals surface area contributed by atoms with Crippen LogP contribution in [-0.4, -0.2) is 62.2 Å². The SMILES string of the molecule is [C-]#[N+]/C(C#N)=C1/Sc2c(OC(=O)C3CCC(C4CCC(C(=O)OCCOC(=O)C=C)CC4)CC3)cc(C)c(OC(=O)C3CCC(C4CCC(C(=O)OCCOC(=O)C=C)CC4)CC3)c2S1. The van der Waals surface area contributed by atoms with Gasteiger partial charge in [0.05, 0.1) is 50.3 Å². The Morgan fingerprint density at radius 2 is 0.985 bits per heavy atom. The third kappa shape index (κ3) is 13.1. The van der Waals surface area contributed by atoms with Gasteiger partial charge in [0.15, 0.2) is 0 Å². The maximum atomic E-state index is 13.8. The first-order chi connectivity index (χ1) is 31.4. The Morgan fingerprint density at radius 3 is 1.37 bits per heavy atom. The molecule has 6 rings (SSSR count). The summed E-state index contributed by atoms with van der Waals surface area (Å²) < 4.78 is 33.2. The van der Waals surface area contributed by atoms with E-state index in [1.54, 1.807) is 13.0 Å². The van der Waals surface area contributed by atoms with Crippen molar-refractivity contribution in [2.75, 3.05) is 26.4 Å². The Morgan fingerprint density at radius 1 is 0.615 bits per heavy atom. The highest BCUT2D eigenvalue weighted by Gasteiger charge is 2.39. The molecular formula is C49H58N2O12S2. The van der Waals surface area contributed by atoms with Crippen LogP contribution in [-0.2, 0) is 47.7 Å². The number of thioether (sulfide) groups is 2. The number of carbonyl (C=O) groups excluding carboxylic acids is 6. The molecule has 4 fully saturated rings. The predicted molar refractivity (Wildman–Crippen MR) is 239 cm³/mol. The Labute approximate surface area is 389 Å². The molecule has 0 amide bonds. The Bertz CT molecular complexity index is 2070. The molecule has 16 heteroatoms. The van der Waals surface area contributed by atoms with Crippen molar-refractivity contribution in [2.45, 2.75) is 119 Å². The summed E-state index contributed by atoms with van der Waals surface area (Å²) in [5.41, 5.74) is 0.520. The number of rotatable bonds is 16. The fourth-order valence-corrected chi connectivity index (χ4v) is 12.7. The molecule has 0 radical (unpaired) electrons. The molecule has 1 heterocycles. The smallest absolute Gasteiger partial charge is 0.330 e. The number of nitriles is 1. The average Bonchev–Trinajstić information content (AvgIpc) is 3.78. The summed E-state index contributed by atoms with van der Waals surface area (Å²) >= 11 is 2.36. The van der Waals surface area contributed by atoms with Crippen molar-refractivity contribution in [3.8, 4) is 17.6 Å². The highest BCUT2D eigenvalue weighted by Crippen LogP contribution is 2.60. The number of aryl methyl sites for hydroxylation is 1. The van der Waals surface area contributed by atoms with Crippen molar-refractivity contribution in [3.63, 3.8) is 0 Å². The van der Waals surface area contributed by atoms with Crippen LogP contribution in [0.15, 0.2) is 51.1 Å². The molecule has 14 nitrogen and oxygen atoms in total. The van der Waals surface area contributed by atoms with E-state index in [1.807, 2.05) is 6.07 Å². The van der Waals surface area contributed by atoms with E-state index >= 15 is 0 Å². The Hall–Kier alpha value is -5.06. The van der Waals surface area contributed by atoms with Gasteiger partial charge >= 0.3 is 35.8 Å². The van der Waals surface area contributed by atoms with Gasteiger partial charge in [-0.1, -0.05) is 36.7 Å². The lowest BCUT2D eigenvalue weighted by atomic mass is 9.69. The van der Waals surface area contributed by atoms with Gasteiger partial charge in [-0.2, -0.15) is 0 Å². The zero-order chi connectivity index (χ0) is 46.5. The minimum atomic E-state index is -0.555. The zero-order valence-electron chi connectivity index (χ0n) is 37.0. The summed E-state index contributed by atoms with van der Waals surface area (Å²) in [6.07, 6.45) is 15.0. The van der Waals surface area contributed by atoms with Gasteiger partial charge in [0.25, 0.3) is 5.70 Å². The maximum Gasteiger partial charge on any atom is 0.330 e. The molecule has 0 atom stereocenters. The lowest BCUT2D eigenvalue weighted by Gasteiger charge is -2.37. The topological polar surface area (TPSA) is 186 Å². The van der Waals surface area contributed by atoms with Crippen molar-refractivity contribution in [1.82, 2.24) is 0 Å². The molecule has 1 aromatic rings. The van der Waals surface area contributed by atoms with Gasteiger partial charge in [0, 0.05) is 12.2 Å². The number of hydrogen-bond donors (Lipinski definition) is 0. The highest BCUT2D eigenvalue weighted by molar-refractivity contribution is 8.24. The van der Waals surface area contributed by atoms with Crippen molar-refractivity contribution in [1.29, 1.82) is 5.26 Å². The molecule has 0 saturated heterocycles. The number of ether oxygens (including phenoxy) is 6. The highest BCUT2D eigenvalue weighted by atomic mass is 32.2. The summed E-state index contributed by atoms with van der Waals surface area (Å²) in [6.45, 7) is 16.1. The van der Waals surface area contributed by atoms with Crippen molar-refractivity contribution >= 4 is 59.3 Å². The van der Waals surface area contributed by atoms with Crippen LogP contribution in [0.1, 0.15) is 108 Å². The van der Waals surface area contributed by atoms with E-state index in [-0.39, 0.29) is 79.7 Å². The first-order valence-electron chi connectivity index (χ1n) is 22.8. The molecule has 1 aliphatic heterocycles. The van der Waals surface area contributed by atoms with Crippen LogP contribution in [0.4, 0.5) is 0 Å². The second-order valence-electron chi connectivity index (χ2n) is 17.6. The quantitative estimate of drug-likeness (QED) is 0.0290. The third-order valence-electron chi connectivity index (χ3n) is 13.8. The number of esters is 6. The van der Waals surface area contributed by atoms with Gasteiger partial charge in [-0.15, -0.1) is 0 Å². The normalized spacial score (nSPS) is 26.9. The third-order valence-corrected chi connectivity index (χ3v) is 16.4. The van der Waals surface area contributed by atoms with Crippen molar-refractivity contribution in [3.05, 3.63) is 58.3 Å². The molecule has 0 bridgehead atoms. The summed E-state index contributed by atoms with van der Waals surface area (Å²) in [4.78, 5) is 79.6. The molecule has 4 saturated carbocycles. The molecule has 1 aromatic carbocycles. The van der Waals surface area contributed by atoms with E-state index in [9.17, 15) is 34.0 Å². The molecule has 5 aliphatic rings. The number of benzene rings is 1. The number of fused-ring (bicyclic) bond motifs is 1.